The van der Waals surface area contributed by atoms with Crippen molar-refractivity contribution in [2.45, 2.75) is 13.3 Å². The van der Waals surface area contributed by atoms with Crippen molar-refractivity contribution in [3.63, 3.8) is 0 Å². The lowest BCUT2D eigenvalue weighted by Gasteiger charge is -2.06. The Balaban J connectivity index is 3.69. The molecule has 0 atom stereocenters. The number of hydrogen-bond donors (Lipinski definition) is 0. The largest absolute Gasteiger partial charge is 0.545 e. The Morgan fingerprint density at radius 3 is 2.31 bits per heavy atom. The Labute approximate surface area is 76.5 Å². The van der Waals surface area contributed by atoms with Crippen molar-refractivity contribution in [3.8, 4) is 0 Å². The van der Waals surface area contributed by atoms with E-state index < -0.39 is 11.9 Å². The number of carboxylic acids is 1. The highest BCUT2D eigenvalue weighted by Crippen LogP contribution is 1.99. The summed E-state index contributed by atoms with van der Waals surface area (Å²) in [7, 11) is 0. The van der Waals surface area contributed by atoms with Crippen molar-refractivity contribution in [2.75, 3.05) is 6.61 Å². The second kappa shape index (κ2) is 5.13. The maximum atomic E-state index is 10.8. The van der Waals surface area contributed by atoms with Gasteiger partial charge in [-0.05, 0) is 12.5 Å². The lowest BCUT2D eigenvalue weighted by Crippen LogP contribution is -2.24. The van der Waals surface area contributed by atoms with Gasteiger partial charge in [0.15, 0.2) is 0 Å². The zero-order chi connectivity index (χ0) is 10.4. The van der Waals surface area contributed by atoms with E-state index in [2.05, 4.69) is 17.9 Å². The molecule has 0 aliphatic carbocycles. The molecule has 0 aromatic carbocycles. The number of carboxylic acid groups (broad SMARTS) is 1. The van der Waals surface area contributed by atoms with Crippen LogP contribution in [0.25, 0.3) is 0 Å². The summed E-state index contributed by atoms with van der Waals surface area (Å²) in [5.41, 5.74) is 0.188. The van der Waals surface area contributed by atoms with Crippen molar-refractivity contribution < 1.29 is 19.4 Å². The molecule has 0 saturated carbocycles. The second-order valence-electron chi connectivity index (χ2n) is 2.56. The Bertz CT molecular complexity index is 226. The van der Waals surface area contributed by atoms with Gasteiger partial charge in [0.2, 0.25) is 0 Å². The Morgan fingerprint density at radius 1 is 1.38 bits per heavy atom. The fourth-order valence-corrected chi connectivity index (χ4v) is 0.492. The Hall–Kier alpha value is -1.58. The van der Waals surface area contributed by atoms with Gasteiger partial charge < -0.3 is 14.6 Å². The average molecular weight is 183 g/mol. The van der Waals surface area contributed by atoms with Gasteiger partial charge >= 0.3 is 5.97 Å². The molecule has 0 aromatic rings. The fourth-order valence-electron chi connectivity index (χ4n) is 0.492. The van der Waals surface area contributed by atoms with E-state index in [9.17, 15) is 14.7 Å². The van der Waals surface area contributed by atoms with E-state index in [1.54, 1.807) is 0 Å². The zero-order valence-electron chi connectivity index (χ0n) is 7.46. The third-order valence-corrected chi connectivity index (χ3v) is 1.27. The van der Waals surface area contributed by atoms with Crippen LogP contribution in [0.2, 0.25) is 0 Å². The molecule has 0 aromatic heterocycles. The first-order chi connectivity index (χ1) is 5.95. The number of esters is 1. The van der Waals surface area contributed by atoms with E-state index >= 15 is 0 Å². The van der Waals surface area contributed by atoms with Gasteiger partial charge in [0.05, 0.1) is 12.6 Å². The van der Waals surface area contributed by atoms with Gasteiger partial charge in [-0.2, -0.15) is 0 Å². The van der Waals surface area contributed by atoms with E-state index in [1.165, 1.54) is 6.92 Å². The Kier molecular flexibility index (Phi) is 4.51. The van der Waals surface area contributed by atoms with Crippen LogP contribution in [0.3, 0.4) is 0 Å². The molecule has 4 nitrogen and oxygen atoms in total. The van der Waals surface area contributed by atoms with E-state index in [0.717, 1.165) is 0 Å². The molecule has 0 heterocycles. The van der Waals surface area contributed by atoms with Crippen LogP contribution in [0.1, 0.15) is 13.3 Å². The van der Waals surface area contributed by atoms with Crippen LogP contribution in [-0.4, -0.2) is 18.5 Å². The topological polar surface area (TPSA) is 66.4 Å². The van der Waals surface area contributed by atoms with E-state index in [1.807, 2.05) is 0 Å². The molecule has 0 fully saturated rings. The normalized spacial score (nSPS) is 9.00. The third-order valence-electron chi connectivity index (χ3n) is 1.27. The molecule has 0 N–H and O–H groups in total. The molecular formula is C9H11O4-. The predicted molar refractivity (Wildman–Crippen MR) is 44.5 cm³/mol. The SMILES string of the molecule is C=C(C)C(=O)OCCC(=C)C(=O)[O-]. The number of hydrogen-bond acceptors (Lipinski definition) is 4. The van der Waals surface area contributed by atoms with Gasteiger partial charge in [-0.1, -0.05) is 13.2 Å². The van der Waals surface area contributed by atoms with Crippen LogP contribution in [0, 0.1) is 0 Å². The predicted octanol–water partition coefficient (Wildman–Crippen LogP) is -0.198. The molecule has 4 heteroatoms. The van der Waals surface area contributed by atoms with Gasteiger partial charge in [0, 0.05) is 12.0 Å². The quantitative estimate of drug-likeness (QED) is 0.437. The first kappa shape index (κ1) is 11.4. The molecule has 0 unspecified atom stereocenters. The number of rotatable bonds is 5. The highest BCUT2D eigenvalue weighted by Gasteiger charge is 2.03. The maximum absolute atomic E-state index is 10.8. The zero-order valence-corrected chi connectivity index (χ0v) is 7.46. The van der Waals surface area contributed by atoms with Crippen LogP contribution in [0.15, 0.2) is 24.3 Å². The summed E-state index contributed by atoms with van der Waals surface area (Å²) in [5, 5.41) is 10.1. The summed E-state index contributed by atoms with van der Waals surface area (Å²) < 4.78 is 4.63. The van der Waals surface area contributed by atoms with Crippen molar-refractivity contribution in [2.24, 2.45) is 0 Å². The van der Waals surface area contributed by atoms with Crippen LogP contribution >= 0.6 is 0 Å². The summed E-state index contributed by atoms with van der Waals surface area (Å²) in [6.45, 7) is 8.08. The smallest absolute Gasteiger partial charge is 0.333 e. The third kappa shape index (κ3) is 4.79. The number of carbonyl (C=O) groups is 2. The molecule has 0 bridgehead atoms. The van der Waals surface area contributed by atoms with E-state index in [0.29, 0.717) is 0 Å². The van der Waals surface area contributed by atoms with Gasteiger partial charge in [0.1, 0.15) is 0 Å². The summed E-state index contributed by atoms with van der Waals surface area (Å²) in [6, 6.07) is 0. The molecule has 0 rings (SSSR count). The first-order valence-electron chi connectivity index (χ1n) is 3.67. The standard InChI is InChI=1S/C9H12O4/c1-6(2)9(12)13-5-4-7(3)8(10)11/h1,3-5H2,2H3,(H,10,11)/p-1. The average Bonchev–Trinajstić information content (AvgIpc) is 2.03. The molecule has 0 aliphatic heterocycles. The second-order valence-corrected chi connectivity index (χ2v) is 2.56. The van der Waals surface area contributed by atoms with Crippen molar-refractivity contribution in [3.05, 3.63) is 24.3 Å². The lowest BCUT2D eigenvalue weighted by atomic mass is 10.2. The van der Waals surface area contributed by atoms with E-state index in [-0.39, 0.29) is 24.2 Å². The monoisotopic (exact) mass is 183 g/mol. The molecular weight excluding hydrogens is 172 g/mol. The van der Waals surface area contributed by atoms with Gasteiger partial charge in [-0.25, -0.2) is 4.79 Å². The number of ether oxygens (including phenoxy) is 1. The van der Waals surface area contributed by atoms with Crippen molar-refractivity contribution >= 4 is 11.9 Å². The minimum Gasteiger partial charge on any atom is -0.545 e. The summed E-state index contributed by atoms with van der Waals surface area (Å²) in [4.78, 5) is 20.9. The van der Waals surface area contributed by atoms with E-state index in [4.69, 9.17) is 0 Å². The van der Waals surface area contributed by atoms with Crippen LogP contribution < -0.4 is 5.11 Å². The minimum atomic E-state index is -1.33. The number of aliphatic carboxylic acids is 1. The summed E-state index contributed by atoms with van der Waals surface area (Å²) in [5.74, 6) is -1.86. The van der Waals surface area contributed by atoms with Gasteiger partial charge in [-0.3, -0.25) is 0 Å². The van der Waals surface area contributed by atoms with Gasteiger partial charge in [-0.15, -0.1) is 0 Å². The molecule has 0 spiro atoms. The van der Waals surface area contributed by atoms with Crippen LogP contribution in [-0.2, 0) is 14.3 Å². The number of carbonyl (C=O) groups excluding carboxylic acids is 2. The van der Waals surface area contributed by atoms with Crippen molar-refractivity contribution in [1.29, 1.82) is 0 Å². The lowest BCUT2D eigenvalue weighted by molar-refractivity contribution is -0.299. The molecule has 0 aliphatic rings. The van der Waals surface area contributed by atoms with Gasteiger partial charge in [0.25, 0.3) is 0 Å². The first-order valence-corrected chi connectivity index (χ1v) is 3.67. The summed E-state index contributed by atoms with van der Waals surface area (Å²) >= 11 is 0. The van der Waals surface area contributed by atoms with Crippen molar-refractivity contribution in [1.82, 2.24) is 0 Å². The molecule has 0 radical (unpaired) electrons. The minimum absolute atomic E-state index is 0.0154. The van der Waals surface area contributed by atoms with Crippen LogP contribution in [0.4, 0.5) is 0 Å². The maximum Gasteiger partial charge on any atom is 0.333 e. The highest BCUT2D eigenvalue weighted by atomic mass is 16.5. The molecule has 72 valence electrons. The highest BCUT2D eigenvalue weighted by molar-refractivity contribution is 5.87. The summed E-state index contributed by atoms with van der Waals surface area (Å²) in [6.07, 6.45) is 0.0708. The Morgan fingerprint density at radius 2 is 1.92 bits per heavy atom. The molecule has 0 saturated heterocycles. The fraction of sp³-hybridized carbons (Fsp3) is 0.333. The van der Waals surface area contributed by atoms with Crippen LogP contribution in [0.5, 0.6) is 0 Å². The molecule has 13 heavy (non-hydrogen) atoms. The molecule has 0 amide bonds.